The number of halogens is 1. The molecule has 2 atom stereocenters. The molecular weight excluding hydrogens is 218 g/mol. The zero-order chi connectivity index (χ0) is 12.2. The van der Waals surface area contributed by atoms with Gasteiger partial charge in [-0.1, -0.05) is 18.5 Å². The standard InChI is InChI=1S/C10H18ClNO3/c1-5-8(13)7(10(14)15)6-9(11)12(2,3)4/h7,9H,5-6H2,1-4H3. The first-order valence-electron chi connectivity index (χ1n) is 4.88. The lowest BCUT2D eigenvalue weighted by Gasteiger charge is -2.31. The Balaban J connectivity index is 4.57. The van der Waals surface area contributed by atoms with E-state index in [1.807, 2.05) is 21.1 Å². The normalized spacial score (nSPS) is 15.8. The van der Waals surface area contributed by atoms with E-state index >= 15 is 0 Å². The second-order valence-corrected chi connectivity index (χ2v) is 4.98. The summed E-state index contributed by atoms with van der Waals surface area (Å²) in [5, 5.41) is 10.8. The highest BCUT2D eigenvalue weighted by Crippen LogP contribution is 2.19. The molecule has 0 fully saturated rings. The molecule has 0 aromatic carbocycles. The Morgan fingerprint density at radius 2 is 1.80 bits per heavy atom. The maximum Gasteiger partial charge on any atom is 0.165 e. The number of carboxylic acids is 1. The highest BCUT2D eigenvalue weighted by atomic mass is 35.5. The molecule has 0 heterocycles. The van der Waals surface area contributed by atoms with Crippen LogP contribution >= 0.6 is 11.6 Å². The van der Waals surface area contributed by atoms with Crippen LogP contribution in [0.15, 0.2) is 0 Å². The lowest BCUT2D eigenvalue weighted by atomic mass is 9.98. The number of Topliss-reactive ketones (excluding diaryl/α,β-unsaturated/α-hetero) is 1. The van der Waals surface area contributed by atoms with E-state index in [4.69, 9.17) is 11.6 Å². The number of hydrogen-bond acceptors (Lipinski definition) is 3. The maximum absolute atomic E-state index is 11.3. The topological polar surface area (TPSA) is 57.2 Å². The van der Waals surface area contributed by atoms with Gasteiger partial charge >= 0.3 is 0 Å². The molecule has 0 aromatic heterocycles. The Kier molecular flexibility index (Phi) is 5.24. The molecule has 0 radical (unpaired) electrons. The predicted octanol–water partition coefficient (Wildman–Crippen LogP) is -0.00720. The molecule has 4 nitrogen and oxygen atoms in total. The van der Waals surface area contributed by atoms with Crippen LogP contribution in [0.25, 0.3) is 0 Å². The van der Waals surface area contributed by atoms with Gasteiger partial charge in [0.15, 0.2) is 5.50 Å². The second-order valence-electron chi connectivity index (χ2n) is 4.48. The molecule has 0 saturated carbocycles. The summed E-state index contributed by atoms with van der Waals surface area (Å²) < 4.78 is 0.405. The van der Waals surface area contributed by atoms with E-state index in [1.165, 1.54) is 0 Å². The maximum atomic E-state index is 11.3. The third kappa shape index (κ3) is 4.62. The van der Waals surface area contributed by atoms with Crippen LogP contribution in [0.2, 0.25) is 0 Å². The predicted molar refractivity (Wildman–Crippen MR) is 56.1 cm³/mol. The molecule has 0 spiro atoms. The number of carbonyl (C=O) groups is 2. The second kappa shape index (κ2) is 5.47. The SMILES string of the molecule is CCC(=O)C(CC(Cl)[N+](C)(C)C)C(=O)[O-]. The minimum Gasteiger partial charge on any atom is -0.549 e. The summed E-state index contributed by atoms with van der Waals surface area (Å²) in [5.74, 6) is -2.75. The number of ketones is 1. The fourth-order valence-corrected chi connectivity index (χ4v) is 1.29. The van der Waals surface area contributed by atoms with E-state index in [9.17, 15) is 14.7 Å². The molecule has 0 amide bonds. The first kappa shape index (κ1) is 14.4. The van der Waals surface area contributed by atoms with Gasteiger partial charge in [0.25, 0.3) is 0 Å². The molecule has 0 rings (SSSR count). The first-order valence-corrected chi connectivity index (χ1v) is 5.32. The van der Waals surface area contributed by atoms with Crippen LogP contribution in [0, 0.1) is 5.92 Å². The van der Waals surface area contributed by atoms with Crippen molar-refractivity contribution < 1.29 is 19.2 Å². The van der Waals surface area contributed by atoms with E-state index in [-0.39, 0.29) is 18.6 Å². The molecule has 2 unspecified atom stereocenters. The number of quaternary nitrogens is 1. The van der Waals surface area contributed by atoms with Crippen molar-refractivity contribution in [2.24, 2.45) is 5.92 Å². The third-order valence-corrected chi connectivity index (χ3v) is 3.06. The van der Waals surface area contributed by atoms with Crippen LogP contribution < -0.4 is 5.11 Å². The van der Waals surface area contributed by atoms with E-state index in [0.29, 0.717) is 4.48 Å². The summed E-state index contributed by atoms with van der Waals surface area (Å²) >= 11 is 6.03. The molecule has 0 saturated heterocycles. The Hall–Kier alpha value is -0.610. The molecule has 0 aliphatic carbocycles. The molecule has 5 heteroatoms. The number of rotatable bonds is 6. The van der Waals surface area contributed by atoms with Gasteiger partial charge in [0, 0.05) is 12.8 Å². The van der Waals surface area contributed by atoms with Crippen molar-refractivity contribution in [3.05, 3.63) is 0 Å². The van der Waals surface area contributed by atoms with Crippen molar-refractivity contribution in [3.8, 4) is 0 Å². The van der Waals surface area contributed by atoms with Crippen molar-refractivity contribution in [1.29, 1.82) is 0 Å². The van der Waals surface area contributed by atoms with Gasteiger partial charge < -0.3 is 14.4 Å². The van der Waals surface area contributed by atoms with Crippen molar-refractivity contribution in [3.63, 3.8) is 0 Å². The van der Waals surface area contributed by atoms with Crippen LogP contribution in [-0.2, 0) is 9.59 Å². The highest BCUT2D eigenvalue weighted by Gasteiger charge is 2.28. The number of hydrogen-bond donors (Lipinski definition) is 0. The Morgan fingerprint density at radius 3 is 2.07 bits per heavy atom. The summed E-state index contributed by atoms with van der Waals surface area (Å²) in [6.07, 6.45) is 0.305. The molecule has 0 N–H and O–H groups in total. The number of alkyl halides is 1. The van der Waals surface area contributed by atoms with E-state index < -0.39 is 17.4 Å². The monoisotopic (exact) mass is 235 g/mol. The van der Waals surface area contributed by atoms with Gasteiger partial charge in [-0.2, -0.15) is 0 Å². The fourth-order valence-electron chi connectivity index (χ4n) is 1.12. The molecule has 0 bridgehead atoms. The van der Waals surface area contributed by atoms with Crippen molar-refractivity contribution in [2.45, 2.75) is 25.3 Å². The summed E-state index contributed by atoms with van der Waals surface area (Å²) in [6, 6.07) is 0. The lowest BCUT2D eigenvalue weighted by Crippen LogP contribution is -2.46. The van der Waals surface area contributed by atoms with Crippen LogP contribution in [-0.4, -0.2) is 42.9 Å². The number of aliphatic carboxylic acids is 1. The van der Waals surface area contributed by atoms with Crippen LogP contribution in [0.1, 0.15) is 19.8 Å². The average molecular weight is 236 g/mol. The van der Waals surface area contributed by atoms with Gasteiger partial charge in [-0.05, 0) is 0 Å². The molecule has 0 aliphatic rings. The number of nitrogens with zero attached hydrogens (tertiary/aromatic N) is 1. The number of carbonyl (C=O) groups excluding carboxylic acids is 2. The van der Waals surface area contributed by atoms with Crippen LogP contribution in [0.5, 0.6) is 0 Å². The minimum atomic E-state index is -1.33. The quantitative estimate of drug-likeness (QED) is 0.282. The van der Waals surface area contributed by atoms with Gasteiger partial charge in [-0.25, -0.2) is 0 Å². The van der Waals surface area contributed by atoms with Crippen molar-refractivity contribution >= 4 is 23.4 Å². The summed E-state index contributed by atoms with van der Waals surface area (Å²) in [4.78, 5) is 22.1. The first-order chi connectivity index (χ1) is 6.70. The molecule has 0 aliphatic heterocycles. The van der Waals surface area contributed by atoms with Gasteiger partial charge in [0.1, 0.15) is 5.78 Å². The van der Waals surface area contributed by atoms with E-state index in [2.05, 4.69) is 0 Å². The number of carboxylic acid groups (broad SMARTS) is 1. The smallest absolute Gasteiger partial charge is 0.165 e. The van der Waals surface area contributed by atoms with Gasteiger partial charge in [0.05, 0.1) is 33.0 Å². The zero-order valence-corrected chi connectivity index (χ0v) is 10.4. The van der Waals surface area contributed by atoms with Gasteiger partial charge in [0.2, 0.25) is 0 Å². The summed E-state index contributed by atoms with van der Waals surface area (Å²) in [6.45, 7) is 1.63. The highest BCUT2D eigenvalue weighted by molar-refractivity contribution is 6.20. The third-order valence-electron chi connectivity index (χ3n) is 2.29. The molecular formula is C10H18ClNO3. The van der Waals surface area contributed by atoms with Gasteiger partial charge in [-0.3, -0.25) is 4.79 Å². The van der Waals surface area contributed by atoms with Crippen LogP contribution in [0.3, 0.4) is 0 Å². The zero-order valence-electron chi connectivity index (χ0n) is 9.62. The van der Waals surface area contributed by atoms with Crippen LogP contribution in [0.4, 0.5) is 0 Å². The molecule has 0 aromatic rings. The summed E-state index contributed by atoms with van der Waals surface area (Å²) in [7, 11) is 5.54. The van der Waals surface area contributed by atoms with E-state index in [1.54, 1.807) is 6.92 Å². The summed E-state index contributed by atoms with van der Waals surface area (Å²) in [5.41, 5.74) is -0.414. The average Bonchev–Trinajstić information content (AvgIpc) is 2.10. The Bertz CT molecular complexity index is 248. The minimum absolute atomic E-state index is 0.111. The van der Waals surface area contributed by atoms with Crippen molar-refractivity contribution in [1.82, 2.24) is 0 Å². The molecule has 88 valence electrons. The largest absolute Gasteiger partial charge is 0.549 e. The fraction of sp³-hybridized carbons (Fsp3) is 0.800. The van der Waals surface area contributed by atoms with Gasteiger partial charge in [-0.15, -0.1) is 0 Å². The lowest BCUT2D eigenvalue weighted by molar-refractivity contribution is -0.883. The Labute approximate surface area is 95.4 Å². The van der Waals surface area contributed by atoms with E-state index in [0.717, 1.165) is 0 Å². The molecule has 15 heavy (non-hydrogen) atoms. The Morgan fingerprint density at radius 1 is 1.33 bits per heavy atom. The van der Waals surface area contributed by atoms with Crippen molar-refractivity contribution in [2.75, 3.05) is 21.1 Å².